The topological polar surface area (TPSA) is 47.4 Å². The van der Waals surface area contributed by atoms with Crippen LogP contribution in [0.4, 0.5) is 5.69 Å². The van der Waals surface area contributed by atoms with Crippen molar-refractivity contribution in [3.8, 4) is 0 Å². The van der Waals surface area contributed by atoms with Gasteiger partial charge in [0.15, 0.2) is 0 Å². The Morgan fingerprint density at radius 2 is 2.11 bits per heavy atom. The molecule has 5 nitrogen and oxygen atoms in total. The van der Waals surface area contributed by atoms with Gasteiger partial charge in [-0.3, -0.25) is 4.79 Å². The Labute approximate surface area is 174 Å². The number of esters is 1. The van der Waals surface area contributed by atoms with Gasteiger partial charge >= 0.3 is 5.97 Å². The predicted octanol–water partition coefficient (Wildman–Crippen LogP) is 4.94. The first-order valence-corrected chi connectivity index (χ1v) is 10.9. The second kappa shape index (κ2) is 11.3. The highest BCUT2D eigenvalue weighted by atomic mass is 35.5. The highest BCUT2D eigenvalue weighted by molar-refractivity contribution is 6.18. The number of aryl methyl sites for hydroxylation is 2. The molecule has 2 aromatic rings. The van der Waals surface area contributed by atoms with Crippen molar-refractivity contribution < 1.29 is 9.53 Å². The second-order valence-electron chi connectivity index (χ2n) is 7.40. The number of anilines is 1. The minimum absolute atomic E-state index is 0.137. The van der Waals surface area contributed by atoms with Crippen LogP contribution in [0.2, 0.25) is 0 Å². The molecule has 2 rings (SSSR count). The van der Waals surface area contributed by atoms with Crippen LogP contribution in [0.1, 0.15) is 52.3 Å². The first-order chi connectivity index (χ1) is 13.5. The molecule has 0 saturated carbocycles. The van der Waals surface area contributed by atoms with Crippen LogP contribution in [0.3, 0.4) is 0 Å². The Morgan fingerprint density at radius 3 is 2.79 bits per heavy atom. The molecule has 1 atom stereocenters. The lowest BCUT2D eigenvalue weighted by molar-refractivity contribution is -0.143. The molecular formula is C22H34ClN3O2. The fourth-order valence-electron chi connectivity index (χ4n) is 3.32. The van der Waals surface area contributed by atoms with Crippen molar-refractivity contribution in [3.63, 3.8) is 0 Å². The maximum Gasteiger partial charge on any atom is 0.305 e. The first-order valence-electron chi connectivity index (χ1n) is 10.4. The van der Waals surface area contributed by atoms with E-state index in [1.54, 1.807) is 0 Å². The number of alkyl halides is 1. The summed E-state index contributed by atoms with van der Waals surface area (Å²) in [5.74, 6) is 2.19. The number of benzene rings is 1. The fraction of sp³-hybridized carbons (Fsp3) is 0.636. The van der Waals surface area contributed by atoms with E-state index in [0.29, 0.717) is 24.8 Å². The lowest BCUT2D eigenvalue weighted by Crippen LogP contribution is -2.27. The van der Waals surface area contributed by atoms with Gasteiger partial charge in [-0.05, 0) is 43.9 Å². The Hall–Kier alpha value is -1.75. The average Bonchev–Trinajstić information content (AvgIpc) is 3.00. The SMILES string of the molecule is CCOC(=O)CCCc1nc2ccc(N(CCCl)CCC(C)CC)cc2n1C. The van der Waals surface area contributed by atoms with Crippen LogP contribution in [0, 0.1) is 5.92 Å². The van der Waals surface area contributed by atoms with Gasteiger partial charge in [0.1, 0.15) is 5.82 Å². The molecule has 1 unspecified atom stereocenters. The molecule has 0 aliphatic carbocycles. The zero-order chi connectivity index (χ0) is 20.5. The van der Waals surface area contributed by atoms with Crippen molar-refractivity contribution >= 4 is 34.3 Å². The summed E-state index contributed by atoms with van der Waals surface area (Å²) >= 11 is 6.06. The normalized spacial score (nSPS) is 12.3. The molecule has 28 heavy (non-hydrogen) atoms. The maximum absolute atomic E-state index is 11.5. The van der Waals surface area contributed by atoms with Gasteiger partial charge in [-0.1, -0.05) is 20.3 Å². The third kappa shape index (κ3) is 6.13. The number of carbonyl (C=O) groups is 1. The van der Waals surface area contributed by atoms with Crippen molar-refractivity contribution in [1.29, 1.82) is 0 Å². The Kier molecular flexibility index (Phi) is 9.10. The van der Waals surface area contributed by atoms with Gasteiger partial charge in [0.2, 0.25) is 0 Å². The number of carbonyl (C=O) groups excluding carboxylic acids is 1. The standard InChI is InChI=1S/C22H34ClN3O2/c1-5-17(3)12-14-26(15-13-23)18-10-11-19-20(16-18)25(4)21(24-19)8-7-9-22(27)28-6-2/h10-11,16-17H,5-9,12-15H2,1-4H3. The van der Waals surface area contributed by atoms with Crippen molar-refractivity contribution in [1.82, 2.24) is 9.55 Å². The molecule has 0 radical (unpaired) electrons. The number of fused-ring (bicyclic) bond motifs is 1. The largest absolute Gasteiger partial charge is 0.466 e. The van der Waals surface area contributed by atoms with E-state index in [1.807, 2.05) is 14.0 Å². The molecular weight excluding hydrogens is 374 g/mol. The highest BCUT2D eigenvalue weighted by Crippen LogP contribution is 2.24. The second-order valence-corrected chi connectivity index (χ2v) is 7.77. The number of aromatic nitrogens is 2. The summed E-state index contributed by atoms with van der Waals surface area (Å²) in [6.45, 7) is 8.65. The van der Waals surface area contributed by atoms with E-state index in [2.05, 4.69) is 41.5 Å². The van der Waals surface area contributed by atoms with Gasteiger partial charge in [0.05, 0.1) is 17.6 Å². The summed E-state index contributed by atoms with van der Waals surface area (Å²) in [5, 5.41) is 0. The average molecular weight is 408 g/mol. The minimum atomic E-state index is -0.137. The quantitative estimate of drug-likeness (QED) is 0.369. The summed E-state index contributed by atoms with van der Waals surface area (Å²) in [4.78, 5) is 18.7. The third-order valence-electron chi connectivity index (χ3n) is 5.35. The van der Waals surface area contributed by atoms with Gasteiger partial charge in [-0.15, -0.1) is 11.6 Å². The molecule has 0 amide bonds. The van der Waals surface area contributed by atoms with E-state index in [1.165, 1.54) is 12.1 Å². The zero-order valence-electron chi connectivity index (χ0n) is 17.7. The maximum atomic E-state index is 11.5. The van der Waals surface area contributed by atoms with Crippen LogP contribution in [-0.4, -0.2) is 41.1 Å². The van der Waals surface area contributed by atoms with E-state index in [4.69, 9.17) is 21.3 Å². The lowest BCUT2D eigenvalue weighted by atomic mass is 10.0. The molecule has 0 spiro atoms. The van der Waals surface area contributed by atoms with Crippen molar-refractivity contribution in [2.75, 3.05) is 30.5 Å². The molecule has 0 aliphatic heterocycles. The fourth-order valence-corrected chi connectivity index (χ4v) is 3.53. The molecule has 1 heterocycles. The number of hydrogen-bond donors (Lipinski definition) is 0. The van der Waals surface area contributed by atoms with E-state index in [-0.39, 0.29) is 5.97 Å². The van der Waals surface area contributed by atoms with E-state index >= 15 is 0 Å². The minimum Gasteiger partial charge on any atom is -0.466 e. The number of imidazole rings is 1. The monoisotopic (exact) mass is 407 g/mol. The number of rotatable bonds is 12. The smallest absolute Gasteiger partial charge is 0.305 e. The molecule has 0 bridgehead atoms. The molecule has 0 saturated heterocycles. The van der Waals surface area contributed by atoms with Crippen molar-refractivity contribution in [2.24, 2.45) is 13.0 Å². The molecule has 156 valence electrons. The van der Waals surface area contributed by atoms with Gasteiger partial charge in [0.25, 0.3) is 0 Å². The zero-order valence-corrected chi connectivity index (χ0v) is 18.5. The lowest BCUT2D eigenvalue weighted by Gasteiger charge is -2.25. The van der Waals surface area contributed by atoms with Crippen molar-refractivity contribution in [2.45, 2.75) is 52.9 Å². The van der Waals surface area contributed by atoms with Crippen LogP contribution >= 0.6 is 11.6 Å². The van der Waals surface area contributed by atoms with Gasteiger partial charge in [-0.25, -0.2) is 4.98 Å². The molecule has 0 fully saturated rings. The predicted molar refractivity (Wildman–Crippen MR) is 117 cm³/mol. The number of halogens is 1. The number of nitrogens with zero attached hydrogens (tertiary/aromatic N) is 3. The molecule has 1 aromatic heterocycles. The summed E-state index contributed by atoms with van der Waals surface area (Å²) in [5.41, 5.74) is 3.30. The molecule has 6 heteroatoms. The van der Waals surface area contributed by atoms with Crippen LogP contribution in [0.5, 0.6) is 0 Å². The Bertz CT molecular complexity index is 760. The van der Waals surface area contributed by atoms with Crippen LogP contribution < -0.4 is 4.90 Å². The Balaban J connectivity index is 2.12. The molecule has 0 N–H and O–H groups in total. The van der Waals surface area contributed by atoms with Gasteiger partial charge < -0.3 is 14.2 Å². The van der Waals surface area contributed by atoms with Crippen LogP contribution in [0.15, 0.2) is 18.2 Å². The molecule has 1 aromatic carbocycles. The van der Waals surface area contributed by atoms with E-state index in [9.17, 15) is 4.79 Å². The molecule has 0 aliphatic rings. The summed E-state index contributed by atoms with van der Waals surface area (Å²) < 4.78 is 7.14. The Morgan fingerprint density at radius 1 is 1.32 bits per heavy atom. The van der Waals surface area contributed by atoms with E-state index in [0.717, 1.165) is 49.2 Å². The summed E-state index contributed by atoms with van der Waals surface area (Å²) in [6.07, 6.45) is 4.30. The van der Waals surface area contributed by atoms with Gasteiger partial charge in [0, 0.05) is 44.5 Å². The highest BCUT2D eigenvalue weighted by Gasteiger charge is 2.13. The van der Waals surface area contributed by atoms with Crippen molar-refractivity contribution in [3.05, 3.63) is 24.0 Å². The van der Waals surface area contributed by atoms with Crippen LogP contribution in [-0.2, 0) is 23.0 Å². The number of hydrogen-bond acceptors (Lipinski definition) is 4. The third-order valence-corrected chi connectivity index (χ3v) is 5.52. The van der Waals surface area contributed by atoms with E-state index < -0.39 is 0 Å². The van der Waals surface area contributed by atoms with Gasteiger partial charge in [-0.2, -0.15) is 0 Å². The summed E-state index contributed by atoms with van der Waals surface area (Å²) in [6, 6.07) is 6.44. The van der Waals surface area contributed by atoms with Crippen LogP contribution in [0.25, 0.3) is 11.0 Å². The number of ether oxygens (including phenoxy) is 1. The summed E-state index contributed by atoms with van der Waals surface area (Å²) in [7, 11) is 2.05. The first kappa shape index (κ1) is 22.5.